The Morgan fingerprint density at radius 3 is 2.35 bits per heavy atom. The highest BCUT2D eigenvalue weighted by Crippen LogP contribution is 2.30. The Labute approximate surface area is 101 Å². The van der Waals surface area contributed by atoms with Gasteiger partial charge in [-0.05, 0) is 12.5 Å². The van der Waals surface area contributed by atoms with Crippen LogP contribution in [0.4, 0.5) is 0 Å². The molecule has 3 heteroatoms. The average Bonchev–Trinajstić information content (AvgIpc) is 2.36. The van der Waals surface area contributed by atoms with Crippen molar-refractivity contribution in [1.82, 2.24) is 0 Å². The highest BCUT2D eigenvalue weighted by Gasteiger charge is 2.33. The minimum absolute atomic E-state index is 0.0566. The maximum atomic E-state index is 11.4. The van der Waals surface area contributed by atoms with Gasteiger partial charge < -0.3 is 9.84 Å². The summed E-state index contributed by atoms with van der Waals surface area (Å²) in [5.74, 6) is -0.659. The van der Waals surface area contributed by atoms with Crippen LogP contribution in [0.1, 0.15) is 11.1 Å². The first-order valence-electron chi connectivity index (χ1n) is 5.16. The van der Waals surface area contributed by atoms with Gasteiger partial charge in [0, 0.05) is 0 Å². The van der Waals surface area contributed by atoms with Gasteiger partial charge >= 0.3 is 5.97 Å². The van der Waals surface area contributed by atoms with Gasteiger partial charge in [0.1, 0.15) is 5.60 Å². The summed E-state index contributed by atoms with van der Waals surface area (Å²) in [6.07, 6.45) is 1.27. The standard InChI is InChI=1S/C14H16O3/c1-5-14(16,11(3)13(15)17-4)12-8-6-10(2)7-9-12/h5-9,16H,1,3H2,2,4H3. The van der Waals surface area contributed by atoms with Gasteiger partial charge in [-0.15, -0.1) is 0 Å². The van der Waals surface area contributed by atoms with Crippen LogP contribution in [-0.2, 0) is 15.1 Å². The average molecular weight is 232 g/mol. The molecule has 0 aliphatic carbocycles. The van der Waals surface area contributed by atoms with Crippen molar-refractivity contribution in [1.29, 1.82) is 0 Å². The fourth-order valence-electron chi connectivity index (χ4n) is 1.50. The lowest BCUT2D eigenvalue weighted by Crippen LogP contribution is -2.30. The van der Waals surface area contributed by atoms with Crippen molar-refractivity contribution in [3.63, 3.8) is 0 Å². The first-order chi connectivity index (χ1) is 7.95. The molecule has 1 N–H and O–H groups in total. The molecule has 1 unspecified atom stereocenters. The second-order valence-electron chi connectivity index (χ2n) is 3.81. The number of aliphatic hydroxyl groups is 1. The minimum Gasteiger partial charge on any atom is -0.466 e. The van der Waals surface area contributed by atoms with E-state index in [2.05, 4.69) is 17.9 Å². The number of ether oxygens (including phenoxy) is 1. The first kappa shape index (κ1) is 13.2. The number of hydrogen-bond acceptors (Lipinski definition) is 3. The molecule has 0 radical (unpaired) electrons. The van der Waals surface area contributed by atoms with Crippen LogP contribution < -0.4 is 0 Å². The van der Waals surface area contributed by atoms with Gasteiger partial charge in [0.25, 0.3) is 0 Å². The quantitative estimate of drug-likeness (QED) is 0.491. The molecule has 0 aromatic heterocycles. The van der Waals surface area contributed by atoms with E-state index in [-0.39, 0.29) is 5.57 Å². The van der Waals surface area contributed by atoms with E-state index in [1.54, 1.807) is 12.1 Å². The topological polar surface area (TPSA) is 46.5 Å². The number of rotatable bonds is 4. The van der Waals surface area contributed by atoms with Crippen LogP contribution in [0.15, 0.2) is 49.1 Å². The SMILES string of the molecule is C=CC(O)(C(=C)C(=O)OC)c1ccc(C)cc1. The van der Waals surface area contributed by atoms with E-state index in [0.29, 0.717) is 5.56 Å². The van der Waals surface area contributed by atoms with Crippen molar-refractivity contribution in [2.45, 2.75) is 12.5 Å². The Kier molecular flexibility index (Phi) is 3.86. The van der Waals surface area contributed by atoms with E-state index in [4.69, 9.17) is 0 Å². The number of hydrogen-bond donors (Lipinski definition) is 1. The van der Waals surface area contributed by atoms with E-state index in [0.717, 1.165) is 5.56 Å². The molecular weight excluding hydrogens is 216 g/mol. The molecule has 1 aromatic carbocycles. The molecule has 1 rings (SSSR count). The van der Waals surface area contributed by atoms with Crippen LogP contribution in [0.5, 0.6) is 0 Å². The number of esters is 1. The molecule has 0 spiro atoms. The van der Waals surface area contributed by atoms with Crippen LogP contribution in [0.25, 0.3) is 0 Å². The second kappa shape index (κ2) is 4.97. The zero-order valence-electron chi connectivity index (χ0n) is 10.1. The normalized spacial score (nSPS) is 13.6. The highest BCUT2D eigenvalue weighted by atomic mass is 16.5. The molecule has 17 heavy (non-hydrogen) atoms. The Balaban J connectivity index is 3.20. The van der Waals surface area contributed by atoms with Gasteiger partial charge in [-0.2, -0.15) is 0 Å². The van der Waals surface area contributed by atoms with Crippen molar-refractivity contribution in [2.75, 3.05) is 7.11 Å². The third-order valence-corrected chi connectivity index (χ3v) is 2.68. The van der Waals surface area contributed by atoms with Gasteiger partial charge in [0.2, 0.25) is 0 Å². The second-order valence-corrected chi connectivity index (χ2v) is 3.81. The van der Waals surface area contributed by atoms with Crippen molar-refractivity contribution in [2.24, 2.45) is 0 Å². The van der Waals surface area contributed by atoms with Crippen LogP contribution in [0.2, 0.25) is 0 Å². The highest BCUT2D eigenvalue weighted by molar-refractivity contribution is 5.90. The summed E-state index contributed by atoms with van der Waals surface area (Å²) in [6, 6.07) is 7.14. The lowest BCUT2D eigenvalue weighted by Gasteiger charge is -2.25. The molecule has 3 nitrogen and oxygen atoms in total. The van der Waals surface area contributed by atoms with Gasteiger partial charge in [0.05, 0.1) is 12.7 Å². The fraction of sp³-hybridized carbons (Fsp3) is 0.214. The summed E-state index contributed by atoms with van der Waals surface area (Å²) in [5.41, 5.74) is -0.0583. The van der Waals surface area contributed by atoms with Gasteiger partial charge in [-0.3, -0.25) is 0 Å². The lowest BCUT2D eigenvalue weighted by atomic mass is 9.86. The summed E-state index contributed by atoms with van der Waals surface area (Å²) < 4.78 is 4.56. The summed E-state index contributed by atoms with van der Waals surface area (Å²) in [5, 5.41) is 10.4. The maximum absolute atomic E-state index is 11.4. The number of carbonyl (C=O) groups is 1. The minimum atomic E-state index is -1.60. The number of aryl methyl sites for hydroxylation is 1. The summed E-state index contributed by atoms with van der Waals surface area (Å²) >= 11 is 0. The molecule has 0 bridgehead atoms. The van der Waals surface area contributed by atoms with Crippen molar-refractivity contribution < 1.29 is 14.6 Å². The lowest BCUT2D eigenvalue weighted by molar-refractivity contribution is -0.138. The van der Waals surface area contributed by atoms with Crippen LogP contribution in [0, 0.1) is 6.92 Å². The Morgan fingerprint density at radius 1 is 1.41 bits per heavy atom. The van der Waals surface area contributed by atoms with Gasteiger partial charge in [-0.1, -0.05) is 49.1 Å². The Hall–Kier alpha value is -1.87. The molecular formula is C14H16O3. The maximum Gasteiger partial charge on any atom is 0.336 e. The molecule has 0 saturated heterocycles. The van der Waals surface area contributed by atoms with E-state index in [9.17, 15) is 9.90 Å². The molecule has 0 aliphatic heterocycles. The van der Waals surface area contributed by atoms with E-state index < -0.39 is 11.6 Å². The van der Waals surface area contributed by atoms with Crippen molar-refractivity contribution >= 4 is 5.97 Å². The first-order valence-corrected chi connectivity index (χ1v) is 5.16. The fourth-order valence-corrected chi connectivity index (χ4v) is 1.50. The Bertz CT molecular complexity index is 445. The monoisotopic (exact) mass is 232 g/mol. The zero-order valence-corrected chi connectivity index (χ0v) is 10.1. The zero-order chi connectivity index (χ0) is 13.1. The summed E-state index contributed by atoms with van der Waals surface area (Å²) in [6.45, 7) is 9.06. The van der Waals surface area contributed by atoms with Crippen LogP contribution in [0.3, 0.4) is 0 Å². The van der Waals surface area contributed by atoms with E-state index in [1.807, 2.05) is 19.1 Å². The number of methoxy groups -OCH3 is 1. The van der Waals surface area contributed by atoms with Gasteiger partial charge in [-0.25, -0.2) is 4.79 Å². The molecule has 1 aromatic rings. The van der Waals surface area contributed by atoms with Crippen LogP contribution in [-0.4, -0.2) is 18.2 Å². The molecule has 0 aliphatic rings. The third kappa shape index (κ3) is 2.45. The van der Waals surface area contributed by atoms with Gasteiger partial charge in [0.15, 0.2) is 0 Å². The molecule has 0 fully saturated rings. The summed E-state index contributed by atoms with van der Waals surface area (Å²) in [7, 11) is 1.24. The molecule has 90 valence electrons. The number of benzene rings is 1. The predicted octanol–water partition coefficient (Wildman–Crippen LogP) is 2.10. The van der Waals surface area contributed by atoms with Crippen LogP contribution >= 0.6 is 0 Å². The Morgan fingerprint density at radius 2 is 1.94 bits per heavy atom. The smallest absolute Gasteiger partial charge is 0.336 e. The van der Waals surface area contributed by atoms with Crippen molar-refractivity contribution in [3.05, 3.63) is 60.2 Å². The number of carbonyl (C=O) groups excluding carboxylic acids is 1. The molecule has 0 heterocycles. The van der Waals surface area contributed by atoms with E-state index >= 15 is 0 Å². The van der Waals surface area contributed by atoms with E-state index in [1.165, 1.54) is 13.2 Å². The molecule has 0 amide bonds. The largest absolute Gasteiger partial charge is 0.466 e. The molecule has 1 atom stereocenters. The summed E-state index contributed by atoms with van der Waals surface area (Å²) in [4.78, 5) is 11.4. The predicted molar refractivity (Wildman–Crippen MR) is 66.4 cm³/mol. The van der Waals surface area contributed by atoms with Crippen molar-refractivity contribution in [3.8, 4) is 0 Å². The molecule has 0 saturated carbocycles. The third-order valence-electron chi connectivity index (χ3n) is 2.68.